The van der Waals surface area contributed by atoms with Crippen molar-refractivity contribution in [3.05, 3.63) is 18.1 Å². The molecule has 0 aromatic carbocycles. The van der Waals surface area contributed by atoms with E-state index in [2.05, 4.69) is 22.2 Å². The number of aromatic nitrogens is 2. The van der Waals surface area contributed by atoms with Gasteiger partial charge in [-0.15, -0.1) is 0 Å². The average Bonchev–Trinajstić information content (AvgIpc) is 3.19. The predicted molar refractivity (Wildman–Crippen MR) is 67.1 cm³/mol. The zero-order chi connectivity index (χ0) is 12.1. The van der Waals surface area contributed by atoms with Gasteiger partial charge in [0.25, 0.3) is 0 Å². The Bertz CT molecular complexity index is 352. The summed E-state index contributed by atoms with van der Waals surface area (Å²) >= 11 is 0. The maximum atomic E-state index is 5.22. The second-order valence-electron chi connectivity index (χ2n) is 4.55. The fraction of sp³-hybridized carbons (Fsp3) is 0.692. The van der Waals surface area contributed by atoms with Crippen molar-refractivity contribution >= 4 is 0 Å². The average molecular weight is 235 g/mol. The molecule has 0 radical (unpaired) electrons. The van der Waals surface area contributed by atoms with Crippen LogP contribution in [-0.4, -0.2) is 29.7 Å². The molecule has 1 aromatic rings. The molecule has 4 nitrogen and oxygen atoms in total. The minimum atomic E-state index is 0.631. The number of methoxy groups -OCH3 is 1. The monoisotopic (exact) mass is 235 g/mol. The first-order valence-electron chi connectivity index (χ1n) is 6.42. The van der Waals surface area contributed by atoms with Crippen LogP contribution in [0.5, 0.6) is 5.88 Å². The summed E-state index contributed by atoms with van der Waals surface area (Å²) in [6.07, 6.45) is 8.20. The van der Waals surface area contributed by atoms with Gasteiger partial charge in [-0.05, 0) is 38.1 Å². The Kier molecular flexibility index (Phi) is 4.31. The fourth-order valence-electron chi connectivity index (χ4n) is 2.25. The number of aryl methyl sites for hydroxylation is 1. The highest BCUT2D eigenvalue weighted by Gasteiger charge is 2.30. The van der Waals surface area contributed by atoms with E-state index in [-0.39, 0.29) is 0 Å². The molecule has 1 aromatic heterocycles. The van der Waals surface area contributed by atoms with E-state index in [1.165, 1.54) is 12.8 Å². The number of hydrogen-bond donors (Lipinski definition) is 1. The van der Waals surface area contributed by atoms with Crippen LogP contribution in [0.3, 0.4) is 0 Å². The number of hydrogen-bond acceptors (Lipinski definition) is 4. The van der Waals surface area contributed by atoms with E-state index in [9.17, 15) is 0 Å². The Morgan fingerprint density at radius 2 is 2.18 bits per heavy atom. The summed E-state index contributed by atoms with van der Waals surface area (Å²) in [7, 11) is 1.65. The normalized spacial score (nSPS) is 16.8. The zero-order valence-corrected chi connectivity index (χ0v) is 10.6. The van der Waals surface area contributed by atoms with E-state index in [1.807, 2.05) is 0 Å². The SMILES string of the molecule is CCNC(CCc1nccnc1OC)C1CC1. The molecule has 94 valence electrons. The summed E-state index contributed by atoms with van der Waals surface area (Å²) in [6.45, 7) is 3.21. The molecular weight excluding hydrogens is 214 g/mol. The second kappa shape index (κ2) is 5.96. The van der Waals surface area contributed by atoms with Crippen molar-refractivity contribution in [2.24, 2.45) is 5.92 Å². The summed E-state index contributed by atoms with van der Waals surface area (Å²) in [5.41, 5.74) is 0.971. The quantitative estimate of drug-likeness (QED) is 0.783. The predicted octanol–water partition coefficient (Wildman–Crippen LogP) is 1.81. The molecule has 1 saturated carbocycles. The third-order valence-electron chi connectivity index (χ3n) is 3.28. The van der Waals surface area contributed by atoms with Gasteiger partial charge in [0, 0.05) is 18.4 Å². The van der Waals surface area contributed by atoms with Crippen molar-refractivity contribution in [3.8, 4) is 5.88 Å². The van der Waals surface area contributed by atoms with Crippen molar-refractivity contribution < 1.29 is 4.74 Å². The van der Waals surface area contributed by atoms with Gasteiger partial charge in [-0.3, -0.25) is 4.98 Å². The lowest BCUT2D eigenvalue weighted by molar-refractivity contribution is 0.383. The van der Waals surface area contributed by atoms with Crippen LogP contribution in [0.4, 0.5) is 0 Å². The molecular formula is C13H21N3O. The van der Waals surface area contributed by atoms with Gasteiger partial charge in [0.1, 0.15) is 5.69 Å². The third kappa shape index (κ3) is 3.40. The third-order valence-corrected chi connectivity index (χ3v) is 3.28. The van der Waals surface area contributed by atoms with Crippen LogP contribution >= 0.6 is 0 Å². The minimum absolute atomic E-state index is 0.631. The van der Waals surface area contributed by atoms with Crippen molar-refractivity contribution in [2.75, 3.05) is 13.7 Å². The van der Waals surface area contributed by atoms with Crippen molar-refractivity contribution in [2.45, 2.75) is 38.6 Å². The summed E-state index contributed by atoms with van der Waals surface area (Å²) < 4.78 is 5.22. The van der Waals surface area contributed by atoms with Crippen LogP contribution in [0.1, 0.15) is 31.9 Å². The van der Waals surface area contributed by atoms with Crippen molar-refractivity contribution in [1.82, 2.24) is 15.3 Å². The topological polar surface area (TPSA) is 47.0 Å². The van der Waals surface area contributed by atoms with Gasteiger partial charge in [0.05, 0.1) is 7.11 Å². The Morgan fingerprint density at radius 3 is 2.82 bits per heavy atom. The van der Waals surface area contributed by atoms with Crippen LogP contribution in [-0.2, 0) is 6.42 Å². The molecule has 0 saturated heterocycles. The standard InChI is InChI=1S/C13H21N3O/c1-3-14-11(10-4-5-10)6-7-12-13(17-2)16-9-8-15-12/h8-11,14H,3-7H2,1-2H3. The van der Waals surface area contributed by atoms with Crippen LogP contribution in [0.25, 0.3) is 0 Å². The molecule has 1 heterocycles. The van der Waals surface area contributed by atoms with E-state index < -0.39 is 0 Å². The van der Waals surface area contributed by atoms with Gasteiger partial charge < -0.3 is 10.1 Å². The molecule has 0 bridgehead atoms. The fourth-order valence-corrected chi connectivity index (χ4v) is 2.25. The number of ether oxygens (including phenoxy) is 1. The molecule has 1 atom stereocenters. The molecule has 1 N–H and O–H groups in total. The molecule has 4 heteroatoms. The van der Waals surface area contributed by atoms with Gasteiger partial charge in [0.2, 0.25) is 5.88 Å². The highest BCUT2D eigenvalue weighted by molar-refractivity contribution is 5.17. The summed E-state index contributed by atoms with van der Waals surface area (Å²) in [4.78, 5) is 8.52. The molecule has 1 aliphatic rings. The first-order chi connectivity index (χ1) is 8.35. The van der Waals surface area contributed by atoms with Gasteiger partial charge in [-0.1, -0.05) is 6.92 Å². The van der Waals surface area contributed by atoms with Gasteiger partial charge in [-0.25, -0.2) is 4.98 Å². The summed E-state index contributed by atoms with van der Waals surface area (Å²) in [6, 6.07) is 0.631. The Morgan fingerprint density at radius 1 is 1.41 bits per heavy atom. The first kappa shape index (κ1) is 12.3. The number of nitrogens with one attached hydrogen (secondary N) is 1. The van der Waals surface area contributed by atoms with Crippen LogP contribution in [0.2, 0.25) is 0 Å². The van der Waals surface area contributed by atoms with Crippen LogP contribution in [0.15, 0.2) is 12.4 Å². The van der Waals surface area contributed by atoms with Gasteiger partial charge in [0.15, 0.2) is 0 Å². The Labute approximate surface area is 103 Å². The van der Waals surface area contributed by atoms with E-state index in [1.54, 1.807) is 19.5 Å². The second-order valence-corrected chi connectivity index (χ2v) is 4.55. The first-order valence-corrected chi connectivity index (χ1v) is 6.42. The van der Waals surface area contributed by atoms with E-state index in [4.69, 9.17) is 4.74 Å². The van der Waals surface area contributed by atoms with E-state index in [0.717, 1.165) is 31.0 Å². The molecule has 0 amide bonds. The number of rotatable bonds is 7. The molecule has 1 fully saturated rings. The lowest BCUT2D eigenvalue weighted by Crippen LogP contribution is -2.31. The maximum Gasteiger partial charge on any atom is 0.235 e. The Hall–Kier alpha value is -1.16. The molecule has 1 unspecified atom stereocenters. The summed E-state index contributed by atoms with van der Waals surface area (Å²) in [5, 5.41) is 3.56. The zero-order valence-electron chi connectivity index (χ0n) is 10.6. The molecule has 17 heavy (non-hydrogen) atoms. The van der Waals surface area contributed by atoms with Crippen LogP contribution in [0, 0.1) is 5.92 Å². The number of nitrogens with zero attached hydrogens (tertiary/aromatic N) is 2. The minimum Gasteiger partial charge on any atom is -0.480 e. The maximum absolute atomic E-state index is 5.22. The van der Waals surface area contributed by atoms with Crippen LogP contribution < -0.4 is 10.1 Å². The molecule has 2 rings (SSSR count). The lowest BCUT2D eigenvalue weighted by atomic mass is 10.1. The van der Waals surface area contributed by atoms with E-state index in [0.29, 0.717) is 11.9 Å². The molecule has 0 aliphatic heterocycles. The largest absolute Gasteiger partial charge is 0.480 e. The lowest BCUT2D eigenvalue weighted by Gasteiger charge is -2.17. The van der Waals surface area contributed by atoms with Gasteiger partial charge >= 0.3 is 0 Å². The molecule has 1 aliphatic carbocycles. The smallest absolute Gasteiger partial charge is 0.235 e. The highest BCUT2D eigenvalue weighted by atomic mass is 16.5. The Balaban J connectivity index is 1.91. The van der Waals surface area contributed by atoms with Crippen molar-refractivity contribution in [3.63, 3.8) is 0 Å². The molecule has 0 spiro atoms. The van der Waals surface area contributed by atoms with Crippen molar-refractivity contribution in [1.29, 1.82) is 0 Å². The summed E-state index contributed by atoms with van der Waals surface area (Å²) in [5.74, 6) is 1.54. The van der Waals surface area contributed by atoms with Gasteiger partial charge in [-0.2, -0.15) is 0 Å². The van der Waals surface area contributed by atoms with E-state index >= 15 is 0 Å². The highest BCUT2D eigenvalue weighted by Crippen LogP contribution is 2.34.